The van der Waals surface area contributed by atoms with E-state index in [0.717, 1.165) is 48.0 Å². The van der Waals surface area contributed by atoms with E-state index in [0.29, 0.717) is 5.76 Å². The van der Waals surface area contributed by atoms with E-state index < -0.39 is 0 Å². The Kier molecular flexibility index (Phi) is 5.78. The Bertz CT molecular complexity index is 847. The van der Waals surface area contributed by atoms with Gasteiger partial charge in [0.2, 0.25) is 0 Å². The van der Waals surface area contributed by atoms with E-state index in [1.54, 1.807) is 11.3 Å². The number of imidazole rings is 1. The molecule has 0 aliphatic carbocycles. The summed E-state index contributed by atoms with van der Waals surface area (Å²) in [6.45, 7) is 11.0. The van der Waals surface area contributed by atoms with Crippen LogP contribution in [-0.2, 0) is 13.0 Å². The van der Waals surface area contributed by atoms with Crippen molar-refractivity contribution in [2.24, 2.45) is 0 Å². The van der Waals surface area contributed by atoms with E-state index in [1.165, 1.54) is 0 Å². The normalized spacial score (nSPS) is 12.8. The maximum atomic E-state index is 12.6. The van der Waals surface area contributed by atoms with E-state index in [1.807, 2.05) is 42.1 Å². The van der Waals surface area contributed by atoms with Crippen LogP contribution < -0.4 is 5.32 Å². The number of carbonyl (C=O) groups excluding carboxylic acids is 1. The molecule has 1 N–H and O–H groups in total. The number of aromatic nitrogens is 2. The van der Waals surface area contributed by atoms with Gasteiger partial charge in [-0.2, -0.15) is 0 Å². The molecule has 1 atom stereocenters. The van der Waals surface area contributed by atoms with Crippen molar-refractivity contribution < 1.29 is 9.21 Å². The number of nitrogens with zero attached hydrogens (tertiary/aromatic N) is 3. The van der Waals surface area contributed by atoms with E-state index in [2.05, 4.69) is 29.0 Å². The lowest BCUT2D eigenvalue weighted by Crippen LogP contribution is -2.26. The second kappa shape index (κ2) is 8.05. The fourth-order valence-corrected chi connectivity index (χ4v) is 3.70. The highest BCUT2D eigenvalue weighted by Crippen LogP contribution is 2.21. The predicted octanol–water partition coefficient (Wildman–Crippen LogP) is 3.88. The fourth-order valence-electron chi connectivity index (χ4n) is 3.00. The van der Waals surface area contributed by atoms with Gasteiger partial charge < -0.3 is 9.73 Å². The number of rotatable bonds is 8. The van der Waals surface area contributed by atoms with Crippen molar-refractivity contribution in [1.82, 2.24) is 19.6 Å². The third kappa shape index (κ3) is 3.83. The highest BCUT2D eigenvalue weighted by molar-refractivity contribution is 7.15. The average Bonchev–Trinajstić information content (AvgIpc) is 3.33. The Labute approximate surface area is 157 Å². The molecule has 26 heavy (non-hydrogen) atoms. The molecule has 0 aliphatic heterocycles. The molecule has 0 fully saturated rings. The van der Waals surface area contributed by atoms with Crippen molar-refractivity contribution in [3.63, 3.8) is 0 Å². The van der Waals surface area contributed by atoms with Gasteiger partial charge in [0.25, 0.3) is 5.91 Å². The minimum absolute atomic E-state index is 0.184. The summed E-state index contributed by atoms with van der Waals surface area (Å²) in [4.78, 5) is 20.4. The highest BCUT2D eigenvalue weighted by atomic mass is 32.1. The van der Waals surface area contributed by atoms with Crippen molar-refractivity contribution in [3.05, 3.63) is 46.6 Å². The lowest BCUT2D eigenvalue weighted by atomic mass is 10.2. The van der Waals surface area contributed by atoms with Gasteiger partial charge >= 0.3 is 0 Å². The van der Waals surface area contributed by atoms with E-state index in [9.17, 15) is 4.79 Å². The number of fused-ring (bicyclic) bond motifs is 1. The van der Waals surface area contributed by atoms with Gasteiger partial charge in [-0.3, -0.25) is 14.1 Å². The molecule has 3 aromatic heterocycles. The Morgan fingerprint density at radius 2 is 2.15 bits per heavy atom. The molecule has 0 unspecified atom stereocenters. The first kappa shape index (κ1) is 18.7. The number of hydrogen-bond acceptors (Lipinski definition) is 5. The Hall–Kier alpha value is -2.12. The van der Waals surface area contributed by atoms with Crippen molar-refractivity contribution in [2.45, 2.75) is 46.7 Å². The molecule has 3 rings (SSSR count). The van der Waals surface area contributed by atoms with Crippen LogP contribution in [0.15, 0.2) is 28.3 Å². The maximum Gasteiger partial charge on any atom is 0.287 e. The first-order valence-electron chi connectivity index (χ1n) is 9.12. The minimum Gasteiger partial charge on any atom is -0.456 e. The predicted molar refractivity (Wildman–Crippen MR) is 104 cm³/mol. The Balaban J connectivity index is 1.72. The smallest absolute Gasteiger partial charge is 0.287 e. The fraction of sp³-hybridized carbons (Fsp3) is 0.474. The zero-order chi connectivity index (χ0) is 18.7. The van der Waals surface area contributed by atoms with Crippen molar-refractivity contribution in [2.75, 3.05) is 13.1 Å². The van der Waals surface area contributed by atoms with Gasteiger partial charge in [0.05, 0.1) is 11.7 Å². The van der Waals surface area contributed by atoms with Gasteiger partial charge in [0.15, 0.2) is 10.7 Å². The second-order valence-electron chi connectivity index (χ2n) is 6.33. The number of amides is 1. The Morgan fingerprint density at radius 1 is 1.38 bits per heavy atom. The molecule has 0 bridgehead atoms. The largest absolute Gasteiger partial charge is 0.456 e. The van der Waals surface area contributed by atoms with Crippen molar-refractivity contribution in [3.8, 4) is 0 Å². The minimum atomic E-state index is -0.200. The SMILES string of the molecule is CCc1oc(C(=O)N[C@@H](C)c2cn3ccsc3n2)cc1CN(CC)CC. The Morgan fingerprint density at radius 3 is 2.81 bits per heavy atom. The molecule has 7 heteroatoms. The number of nitrogens with one attached hydrogen (secondary N) is 1. The van der Waals surface area contributed by atoms with Crippen LogP contribution in [0.25, 0.3) is 4.96 Å². The summed E-state index contributed by atoms with van der Waals surface area (Å²) in [7, 11) is 0. The lowest BCUT2D eigenvalue weighted by molar-refractivity contribution is 0.0909. The zero-order valence-corrected chi connectivity index (χ0v) is 16.6. The van der Waals surface area contributed by atoms with Gasteiger partial charge in [-0.25, -0.2) is 4.98 Å². The highest BCUT2D eigenvalue weighted by Gasteiger charge is 2.20. The third-order valence-corrected chi connectivity index (χ3v) is 5.40. The molecule has 3 aromatic rings. The van der Waals surface area contributed by atoms with Gasteiger partial charge in [-0.15, -0.1) is 11.3 Å². The first-order chi connectivity index (χ1) is 12.5. The van der Waals surface area contributed by atoms with Crippen molar-refractivity contribution >= 4 is 22.2 Å². The third-order valence-electron chi connectivity index (χ3n) is 4.63. The number of furan rings is 1. The number of aryl methyl sites for hydroxylation is 1. The van der Waals surface area contributed by atoms with Gasteiger partial charge in [-0.05, 0) is 26.1 Å². The summed E-state index contributed by atoms with van der Waals surface area (Å²) in [5, 5.41) is 4.98. The quantitative estimate of drug-likeness (QED) is 0.650. The van der Waals surface area contributed by atoms with Crippen LogP contribution in [-0.4, -0.2) is 33.3 Å². The van der Waals surface area contributed by atoms with Crippen LogP contribution in [0.2, 0.25) is 0 Å². The van der Waals surface area contributed by atoms with Crippen LogP contribution in [0, 0.1) is 0 Å². The molecule has 6 nitrogen and oxygen atoms in total. The number of hydrogen-bond donors (Lipinski definition) is 1. The van der Waals surface area contributed by atoms with Crippen LogP contribution in [0.4, 0.5) is 0 Å². The van der Waals surface area contributed by atoms with Crippen LogP contribution in [0.1, 0.15) is 61.3 Å². The summed E-state index contributed by atoms with van der Waals surface area (Å²) in [5.74, 6) is 1.06. The van der Waals surface area contributed by atoms with Crippen LogP contribution >= 0.6 is 11.3 Å². The second-order valence-corrected chi connectivity index (χ2v) is 7.20. The number of thiazole rings is 1. The molecule has 3 heterocycles. The molecular formula is C19H26N4O2S. The van der Waals surface area contributed by atoms with Gasteiger partial charge in [0, 0.05) is 36.3 Å². The van der Waals surface area contributed by atoms with E-state index in [-0.39, 0.29) is 11.9 Å². The van der Waals surface area contributed by atoms with E-state index in [4.69, 9.17) is 4.42 Å². The van der Waals surface area contributed by atoms with Crippen LogP contribution in [0.5, 0.6) is 0 Å². The maximum absolute atomic E-state index is 12.6. The van der Waals surface area contributed by atoms with Crippen LogP contribution in [0.3, 0.4) is 0 Å². The molecule has 0 saturated carbocycles. The average molecular weight is 375 g/mol. The molecule has 0 spiro atoms. The molecular weight excluding hydrogens is 348 g/mol. The molecule has 0 radical (unpaired) electrons. The molecule has 140 valence electrons. The van der Waals surface area contributed by atoms with Gasteiger partial charge in [0.1, 0.15) is 5.76 Å². The summed E-state index contributed by atoms with van der Waals surface area (Å²) in [5.41, 5.74) is 1.94. The van der Waals surface area contributed by atoms with Gasteiger partial charge in [-0.1, -0.05) is 20.8 Å². The first-order valence-corrected chi connectivity index (χ1v) is 10.0. The topological polar surface area (TPSA) is 62.8 Å². The summed E-state index contributed by atoms with van der Waals surface area (Å²) in [6, 6.07) is 1.70. The summed E-state index contributed by atoms with van der Waals surface area (Å²) < 4.78 is 7.80. The lowest BCUT2D eigenvalue weighted by Gasteiger charge is -2.17. The molecule has 0 aromatic carbocycles. The summed E-state index contributed by atoms with van der Waals surface area (Å²) >= 11 is 1.57. The standard InChI is InChI=1S/C19H26N4O2S/c1-5-16-14(11-22(6-2)7-3)10-17(25-16)18(24)20-13(4)15-12-23-8-9-26-19(23)21-15/h8-10,12-13H,5-7,11H2,1-4H3,(H,20,24)/t13-/m0/s1. The van der Waals surface area contributed by atoms with Crippen molar-refractivity contribution in [1.29, 1.82) is 0 Å². The zero-order valence-electron chi connectivity index (χ0n) is 15.8. The molecule has 0 aliphatic rings. The summed E-state index contributed by atoms with van der Waals surface area (Å²) in [6.07, 6.45) is 4.68. The molecule has 1 amide bonds. The molecule has 0 saturated heterocycles. The monoisotopic (exact) mass is 374 g/mol. The van der Waals surface area contributed by atoms with E-state index >= 15 is 0 Å². The number of carbonyl (C=O) groups is 1.